The van der Waals surface area contributed by atoms with Crippen LogP contribution in [-0.2, 0) is 5.41 Å². The second-order valence-corrected chi connectivity index (χ2v) is 6.26. The lowest BCUT2D eigenvalue weighted by Gasteiger charge is -2.16. The van der Waals surface area contributed by atoms with Gasteiger partial charge in [-0.2, -0.15) is 0 Å². The lowest BCUT2D eigenvalue weighted by atomic mass is 9.91. The highest BCUT2D eigenvalue weighted by molar-refractivity contribution is 7.14. The lowest BCUT2D eigenvalue weighted by molar-refractivity contribution is 0.0955. The number of amides is 1. The van der Waals surface area contributed by atoms with E-state index in [4.69, 9.17) is 5.84 Å². The molecule has 0 spiro atoms. The third-order valence-electron chi connectivity index (χ3n) is 2.62. The van der Waals surface area contributed by atoms with Gasteiger partial charge in [-0.05, 0) is 12.8 Å². The number of nitrogens with two attached hydrogens (primary N) is 1. The second-order valence-electron chi connectivity index (χ2n) is 5.23. The zero-order chi connectivity index (χ0) is 11.9. The van der Waals surface area contributed by atoms with Crippen LogP contribution in [0.25, 0.3) is 0 Å². The average Bonchev–Trinajstić information content (AvgIpc) is 2.94. The molecule has 0 aliphatic heterocycles. The van der Waals surface area contributed by atoms with Crippen LogP contribution in [0.15, 0.2) is 0 Å². The van der Waals surface area contributed by atoms with E-state index in [9.17, 15) is 4.79 Å². The number of nitrogens with zero attached hydrogens (tertiary/aromatic N) is 1. The summed E-state index contributed by atoms with van der Waals surface area (Å²) in [6, 6.07) is 0. The summed E-state index contributed by atoms with van der Waals surface area (Å²) in [5.41, 5.74) is 2.94. The van der Waals surface area contributed by atoms with Crippen LogP contribution in [0.2, 0.25) is 0 Å². The number of thiazole rings is 1. The number of hydrazine groups is 1. The van der Waals surface area contributed by atoms with Crippen molar-refractivity contribution in [3.8, 4) is 0 Å². The Bertz CT molecular complexity index is 415. The first-order valence-corrected chi connectivity index (χ1v) is 6.27. The minimum absolute atomic E-state index is 0.120. The third kappa shape index (κ3) is 2.10. The van der Waals surface area contributed by atoms with Crippen molar-refractivity contribution < 1.29 is 4.79 Å². The Kier molecular flexibility index (Phi) is 2.75. The van der Waals surface area contributed by atoms with Crippen LogP contribution in [0, 0.1) is 0 Å². The van der Waals surface area contributed by atoms with Crippen molar-refractivity contribution in [3.63, 3.8) is 0 Å². The number of carbonyl (C=O) groups is 1. The van der Waals surface area contributed by atoms with Crippen LogP contribution in [0.4, 0.5) is 0 Å². The maximum Gasteiger partial charge on any atom is 0.277 e. The van der Waals surface area contributed by atoms with Crippen molar-refractivity contribution >= 4 is 17.2 Å². The van der Waals surface area contributed by atoms with Gasteiger partial charge in [-0.1, -0.05) is 20.8 Å². The molecule has 2 rings (SSSR count). The molecule has 0 saturated heterocycles. The van der Waals surface area contributed by atoms with Crippen molar-refractivity contribution in [1.29, 1.82) is 0 Å². The normalized spacial score (nSPS) is 16.2. The maximum atomic E-state index is 11.7. The van der Waals surface area contributed by atoms with Crippen molar-refractivity contribution in [2.45, 2.75) is 44.9 Å². The molecule has 0 atom stereocenters. The summed E-state index contributed by atoms with van der Waals surface area (Å²) in [6.07, 6.45) is 2.39. The number of aromatic nitrogens is 1. The number of carbonyl (C=O) groups excluding carboxylic acids is 1. The van der Waals surface area contributed by atoms with Gasteiger partial charge >= 0.3 is 0 Å². The first-order chi connectivity index (χ1) is 7.43. The Hall–Kier alpha value is -0.940. The summed E-state index contributed by atoms with van der Waals surface area (Å²) in [6.45, 7) is 6.18. The molecule has 1 fully saturated rings. The SMILES string of the molecule is CC(C)(C)c1nc(C2CC2)sc1C(=O)NN. The highest BCUT2D eigenvalue weighted by Gasteiger charge is 2.32. The molecular weight excluding hydrogens is 222 g/mol. The number of nitrogen functional groups attached to an aromatic ring is 1. The Morgan fingerprint density at radius 3 is 2.56 bits per heavy atom. The van der Waals surface area contributed by atoms with Gasteiger partial charge in [-0.25, -0.2) is 10.8 Å². The zero-order valence-electron chi connectivity index (χ0n) is 9.83. The maximum absolute atomic E-state index is 11.7. The second kappa shape index (κ2) is 3.82. The van der Waals surface area contributed by atoms with E-state index >= 15 is 0 Å². The highest BCUT2D eigenvalue weighted by atomic mass is 32.1. The van der Waals surface area contributed by atoms with Crippen molar-refractivity contribution in [2.75, 3.05) is 0 Å². The van der Waals surface area contributed by atoms with Crippen molar-refractivity contribution in [1.82, 2.24) is 10.4 Å². The lowest BCUT2D eigenvalue weighted by Crippen LogP contribution is -2.31. The van der Waals surface area contributed by atoms with Gasteiger partial charge < -0.3 is 0 Å². The van der Waals surface area contributed by atoms with Crippen LogP contribution in [0.3, 0.4) is 0 Å². The van der Waals surface area contributed by atoms with Crippen molar-refractivity contribution in [3.05, 3.63) is 15.6 Å². The van der Waals surface area contributed by atoms with E-state index in [0.29, 0.717) is 10.8 Å². The third-order valence-corrected chi connectivity index (χ3v) is 3.83. The first kappa shape index (κ1) is 11.5. The van der Waals surface area contributed by atoms with E-state index in [0.717, 1.165) is 10.7 Å². The predicted octanol–water partition coefficient (Wildman–Crippen LogP) is 1.92. The monoisotopic (exact) mass is 239 g/mol. The predicted molar refractivity (Wildman–Crippen MR) is 64.4 cm³/mol. The van der Waals surface area contributed by atoms with Crippen LogP contribution in [-0.4, -0.2) is 10.9 Å². The molecule has 5 heteroatoms. The van der Waals surface area contributed by atoms with Gasteiger partial charge in [-0.15, -0.1) is 11.3 Å². The Labute approximate surface area is 99.2 Å². The van der Waals surface area contributed by atoms with Crippen LogP contribution in [0.5, 0.6) is 0 Å². The van der Waals surface area contributed by atoms with E-state index in [-0.39, 0.29) is 11.3 Å². The Morgan fingerprint density at radius 2 is 2.12 bits per heavy atom. The molecule has 16 heavy (non-hydrogen) atoms. The highest BCUT2D eigenvalue weighted by Crippen LogP contribution is 2.44. The van der Waals surface area contributed by atoms with Gasteiger partial charge in [0, 0.05) is 11.3 Å². The molecule has 1 aromatic rings. The summed E-state index contributed by atoms with van der Waals surface area (Å²) in [7, 11) is 0. The molecule has 1 heterocycles. The van der Waals surface area contributed by atoms with E-state index in [1.54, 1.807) is 0 Å². The van der Waals surface area contributed by atoms with Crippen molar-refractivity contribution in [2.24, 2.45) is 5.84 Å². The molecule has 0 radical (unpaired) electrons. The molecule has 88 valence electrons. The molecule has 1 amide bonds. The van der Waals surface area contributed by atoms with Crippen LogP contribution in [0.1, 0.15) is 59.9 Å². The van der Waals surface area contributed by atoms with Crippen LogP contribution < -0.4 is 11.3 Å². The van der Waals surface area contributed by atoms with Gasteiger partial charge in [0.05, 0.1) is 10.7 Å². The minimum atomic E-state index is -0.227. The fourth-order valence-electron chi connectivity index (χ4n) is 1.57. The molecule has 0 bridgehead atoms. The van der Waals surface area contributed by atoms with Gasteiger partial charge in [0.25, 0.3) is 5.91 Å². The molecule has 1 aromatic heterocycles. The topological polar surface area (TPSA) is 68.0 Å². The average molecular weight is 239 g/mol. The molecule has 1 aliphatic carbocycles. The van der Waals surface area contributed by atoms with Gasteiger partial charge in [-0.3, -0.25) is 10.2 Å². The molecular formula is C11H17N3OS. The number of rotatable bonds is 2. The van der Waals surface area contributed by atoms with Gasteiger partial charge in [0.15, 0.2) is 0 Å². The zero-order valence-corrected chi connectivity index (χ0v) is 10.6. The number of hydrogen-bond acceptors (Lipinski definition) is 4. The summed E-state index contributed by atoms with van der Waals surface area (Å²) in [4.78, 5) is 16.9. The summed E-state index contributed by atoms with van der Waals surface area (Å²) in [5.74, 6) is 5.54. The summed E-state index contributed by atoms with van der Waals surface area (Å²) in [5, 5.41) is 1.09. The molecule has 3 N–H and O–H groups in total. The minimum Gasteiger partial charge on any atom is -0.289 e. The molecule has 1 aliphatic rings. The standard InChI is InChI=1S/C11H17N3OS/c1-11(2,3)8-7(9(15)14-12)16-10(13-8)6-4-5-6/h6H,4-5,12H2,1-3H3,(H,14,15). The Morgan fingerprint density at radius 1 is 1.50 bits per heavy atom. The molecule has 1 saturated carbocycles. The van der Waals surface area contributed by atoms with E-state index in [1.807, 2.05) is 0 Å². The summed E-state index contributed by atoms with van der Waals surface area (Å²) >= 11 is 1.49. The largest absolute Gasteiger partial charge is 0.289 e. The molecule has 0 unspecified atom stereocenters. The Balaban J connectivity index is 2.43. The summed E-state index contributed by atoms with van der Waals surface area (Å²) < 4.78 is 0. The fraction of sp³-hybridized carbons (Fsp3) is 0.636. The fourth-order valence-corrected chi connectivity index (χ4v) is 2.92. The molecule has 4 nitrogen and oxygen atoms in total. The van der Waals surface area contributed by atoms with Crippen LogP contribution >= 0.6 is 11.3 Å². The van der Waals surface area contributed by atoms with E-state index in [1.165, 1.54) is 24.2 Å². The van der Waals surface area contributed by atoms with Gasteiger partial charge in [0.1, 0.15) is 4.88 Å². The molecule has 0 aromatic carbocycles. The van der Waals surface area contributed by atoms with E-state index in [2.05, 4.69) is 31.2 Å². The van der Waals surface area contributed by atoms with Gasteiger partial charge in [0.2, 0.25) is 0 Å². The van der Waals surface area contributed by atoms with E-state index < -0.39 is 0 Å². The first-order valence-electron chi connectivity index (χ1n) is 5.45. The smallest absolute Gasteiger partial charge is 0.277 e. The quantitative estimate of drug-likeness (QED) is 0.470. The number of hydrogen-bond donors (Lipinski definition) is 2. The number of nitrogens with one attached hydrogen (secondary N) is 1.